The summed E-state index contributed by atoms with van der Waals surface area (Å²) in [6, 6.07) is 19.7. The fourth-order valence-electron chi connectivity index (χ4n) is 3.18. The average Bonchev–Trinajstić information content (AvgIpc) is 2.82. The van der Waals surface area contributed by atoms with Crippen LogP contribution in [0.25, 0.3) is 0 Å². The zero-order valence-corrected chi connectivity index (χ0v) is 18.6. The molecule has 166 valence electrons. The van der Waals surface area contributed by atoms with Crippen molar-refractivity contribution in [3.05, 3.63) is 83.4 Å². The molecule has 0 unspecified atom stereocenters. The highest BCUT2D eigenvalue weighted by Crippen LogP contribution is 2.37. The van der Waals surface area contributed by atoms with Crippen molar-refractivity contribution in [3.63, 3.8) is 0 Å². The van der Waals surface area contributed by atoms with Crippen LogP contribution >= 0.6 is 0 Å². The van der Waals surface area contributed by atoms with Gasteiger partial charge in [-0.05, 0) is 50.1 Å². The Balaban J connectivity index is 1.90. The van der Waals surface area contributed by atoms with Crippen molar-refractivity contribution in [2.45, 2.75) is 27.2 Å². The highest BCUT2D eigenvalue weighted by molar-refractivity contribution is 6.07. The first-order valence-corrected chi connectivity index (χ1v) is 10.8. The Morgan fingerprint density at radius 1 is 0.688 bits per heavy atom. The van der Waals surface area contributed by atoms with Gasteiger partial charge in [-0.2, -0.15) is 0 Å². The van der Waals surface area contributed by atoms with Crippen LogP contribution < -0.4 is 20.1 Å². The molecule has 0 aliphatic heterocycles. The summed E-state index contributed by atoms with van der Waals surface area (Å²) in [6.45, 7) is 6.57. The standard InChI is InChI=1S/C26H28N2O4/c1-4-18-12-14-20(15-13-18)26(30)28-22-17-23(31-5-2)21(16-24(22)32-6-3)27-25(29)19-10-8-7-9-11-19/h7-17H,4-6H2,1-3H3,(H,27,29)(H,28,30). The number of rotatable bonds is 9. The van der Waals surface area contributed by atoms with Gasteiger partial charge in [-0.1, -0.05) is 37.3 Å². The number of hydrogen-bond donors (Lipinski definition) is 2. The number of carbonyl (C=O) groups is 2. The van der Waals surface area contributed by atoms with Crippen LogP contribution in [-0.2, 0) is 6.42 Å². The Morgan fingerprint density at radius 2 is 1.16 bits per heavy atom. The van der Waals surface area contributed by atoms with Crippen LogP contribution in [-0.4, -0.2) is 25.0 Å². The smallest absolute Gasteiger partial charge is 0.255 e. The lowest BCUT2D eigenvalue weighted by molar-refractivity contribution is 0.101. The number of carbonyl (C=O) groups excluding carboxylic acids is 2. The van der Waals surface area contributed by atoms with E-state index in [2.05, 4.69) is 17.6 Å². The van der Waals surface area contributed by atoms with E-state index in [9.17, 15) is 9.59 Å². The monoisotopic (exact) mass is 432 g/mol. The summed E-state index contributed by atoms with van der Waals surface area (Å²) < 4.78 is 11.5. The molecule has 0 aliphatic carbocycles. The molecule has 0 saturated carbocycles. The van der Waals surface area contributed by atoms with Crippen molar-refractivity contribution in [2.75, 3.05) is 23.8 Å². The number of amides is 2. The summed E-state index contributed by atoms with van der Waals surface area (Å²) in [5.41, 5.74) is 3.17. The molecule has 2 amide bonds. The SMILES string of the molecule is CCOc1cc(NC(=O)c2ccc(CC)cc2)c(OCC)cc1NC(=O)c1ccccc1. The van der Waals surface area contributed by atoms with Gasteiger partial charge in [0.25, 0.3) is 11.8 Å². The molecule has 2 N–H and O–H groups in total. The minimum Gasteiger partial charge on any atom is -0.492 e. The molecule has 0 radical (unpaired) electrons. The first kappa shape index (κ1) is 22.9. The average molecular weight is 433 g/mol. The van der Waals surface area contributed by atoms with E-state index in [1.165, 1.54) is 0 Å². The van der Waals surface area contributed by atoms with Crippen LogP contribution in [0.4, 0.5) is 11.4 Å². The van der Waals surface area contributed by atoms with E-state index in [-0.39, 0.29) is 11.8 Å². The summed E-state index contributed by atoms with van der Waals surface area (Å²) in [7, 11) is 0. The molecule has 0 aromatic heterocycles. The Hall–Kier alpha value is -3.80. The second-order valence-electron chi connectivity index (χ2n) is 7.04. The summed E-state index contributed by atoms with van der Waals surface area (Å²) in [4.78, 5) is 25.5. The molecule has 32 heavy (non-hydrogen) atoms. The van der Waals surface area contributed by atoms with E-state index in [4.69, 9.17) is 9.47 Å². The maximum Gasteiger partial charge on any atom is 0.255 e. The van der Waals surface area contributed by atoms with E-state index >= 15 is 0 Å². The van der Waals surface area contributed by atoms with Gasteiger partial charge in [0.15, 0.2) is 0 Å². The van der Waals surface area contributed by atoms with Gasteiger partial charge in [0.1, 0.15) is 11.5 Å². The molecule has 6 nitrogen and oxygen atoms in total. The van der Waals surface area contributed by atoms with Gasteiger partial charge < -0.3 is 20.1 Å². The fourth-order valence-corrected chi connectivity index (χ4v) is 3.18. The number of hydrogen-bond acceptors (Lipinski definition) is 4. The van der Waals surface area contributed by atoms with Crippen molar-refractivity contribution in [1.82, 2.24) is 0 Å². The predicted molar refractivity (Wildman–Crippen MR) is 127 cm³/mol. The second-order valence-corrected chi connectivity index (χ2v) is 7.04. The number of anilines is 2. The molecular formula is C26H28N2O4. The van der Waals surface area contributed by atoms with Gasteiger partial charge in [0.05, 0.1) is 24.6 Å². The molecule has 0 atom stereocenters. The molecule has 0 aliphatic rings. The Labute approximate surface area is 188 Å². The summed E-state index contributed by atoms with van der Waals surface area (Å²) in [6.07, 6.45) is 0.907. The van der Waals surface area contributed by atoms with Gasteiger partial charge in [0, 0.05) is 23.3 Å². The van der Waals surface area contributed by atoms with Crippen LogP contribution in [0.1, 0.15) is 47.1 Å². The molecule has 0 saturated heterocycles. The first-order chi connectivity index (χ1) is 15.5. The van der Waals surface area contributed by atoms with Crippen LogP contribution in [0.5, 0.6) is 11.5 Å². The topological polar surface area (TPSA) is 76.7 Å². The van der Waals surface area contributed by atoms with Crippen molar-refractivity contribution in [2.24, 2.45) is 0 Å². The summed E-state index contributed by atoms with van der Waals surface area (Å²) in [5, 5.41) is 5.78. The van der Waals surface area contributed by atoms with E-state index in [1.54, 1.807) is 48.5 Å². The van der Waals surface area contributed by atoms with Gasteiger partial charge in [-0.3, -0.25) is 9.59 Å². The van der Waals surface area contributed by atoms with Crippen molar-refractivity contribution >= 4 is 23.2 Å². The molecule has 0 bridgehead atoms. The van der Waals surface area contributed by atoms with Crippen molar-refractivity contribution < 1.29 is 19.1 Å². The Kier molecular flexibility index (Phi) is 7.86. The quantitative estimate of drug-likeness (QED) is 0.465. The number of aryl methyl sites for hydroxylation is 1. The highest BCUT2D eigenvalue weighted by Gasteiger charge is 2.17. The third-order valence-electron chi connectivity index (χ3n) is 4.84. The zero-order valence-electron chi connectivity index (χ0n) is 18.6. The molecule has 6 heteroatoms. The van der Waals surface area contributed by atoms with E-state index in [0.717, 1.165) is 12.0 Å². The van der Waals surface area contributed by atoms with Gasteiger partial charge in [-0.15, -0.1) is 0 Å². The Bertz CT molecular complexity index is 1060. The van der Waals surface area contributed by atoms with Crippen molar-refractivity contribution in [1.29, 1.82) is 0 Å². The van der Waals surface area contributed by atoms with E-state index in [0.29, 0.717) is 47.2 Å². The molecule has 0 spiro atoms. The van der Waals surface area contributed by atoms with Gasteiger partial charge in [0.2, 0.25) is 0 Å². The molecule has 0 fully saturated rings. The van der Waals surface area contributed by atoms with Crippen LogP contribution in [0.2, 0.25) is 0 Å². The molecule has 3 aromatic rings. The zero-order chi connectivity index (χ0) is 22.9. The second kappa shape index (κ2) is 11.0. The third kappa shape index (κ3) is 5.66. The van der Waals surface area contributed by atoms with E-state index < -0.39 is 0 Å². The predicted octanol–water partition coefficient (Wildman–Crippen LogP) is 5.55. The highest BCUT2D eigenvalue weighted by atomic mass is 16.5. The Morgan fingerprint density at radius 3 is 1.59 bits per heavy atom. The van der Waals surface area contributed by atoms with Crippen LogP contribution in [0, 0.1) is 0 Å². The lowest BCUT2D eigenvalue weighted by Crippen LogP contribution is -2.15. The first-order valence-electron chi connectivity index (χ1n) is 10.8. The third-order valence-corrected chi connectivity index (χ3v) is 4.84. The molecular weight excluding hydrogens is 404 g/mol. The maximum atomic E-state index is 12.8. The molecule has 0 heterocycles. The van der Waals surface area contributed by atoms with Gasteiger partial charge >= 0.3 is 0 Å². The normalized spacial score (nSPS) is 10.3. The molecule has 3 aromatic carbocycles. The summed E-state index contributed by atoms with van der Waals surface area (Å²) in [5.74, 6) is 0.369. The van der Waals surface area contributed by atoms with Crippen molar-refractivity contribution in [3.8, 4) is 11.5 Å². The van der Waals surface area contributed by atoms with Gasteiger partial charge in [-0.25, -0.2) is 0 Å². The van der Waals surface area contributed by atoms with Crippen LogP contribution in [0.3, 0.4) is 0 Å². The van der Waals surface area contributed by atoms with Crippen LogP contribution in [0.15, 0.2) is 66.7 Å². The number of nitrogens with one attached hydrogen (secondary N) is 2. The number of ether oxygens (including phenoxy) is 2. The summed E-state index contributed by atoms with van der Waals surface area (Å²) >= 11 is 0. The molecule has 3 rings (SSSR count). The fraction of sp³-hybridized carbons (Fsp3) is 0.231. The minimum atomic E-state index is -0.262. The number of benzene rings is 3. The maximum absolute atomic E-state index is 12.8. The minimum absolute atomic E-state index is 0.253. The lowest BCUT2D eigenvalue weighted by Gasteiger charge is -2.18. The van der Waals surface area contributed by atoms with E-state index in [1.807, 2.05) is 32.0 Å². The largest absolute Gasteiger partial charge is 0.492 e. The lowest BCUT2D eigenvalue weighted by atomic mass is 10.1.